The highest BCUT2D eigenvalue weighted by Gasteiger charge is 2.42. The van der Waals surface area contributed by atoms with E-state index in [1.54, 1.807) is 0 Å². The van der Waals surface area contributed by atoms with E-state index in [1.807, 2.05) is 0 Å². The van der Waals surface area contributed by atoms with E-state index >= 15 is 0 Å². The van der Waals surface area contributed by atoms with Gasteiger partial charge in [0.2, 0.25) is 0 Å². The first-order valence-corrected chi connectivity index (χ1v) is 8.73. The van der Waals surface area contributed by atoms with Crippen molar-refractivity contribution in [3.05, 3.63) is 0 Å². The molecule has 2 fully saturated rings. The van der Waals surface area contributed by atoms with Crippen molar-refractivity contribution in [3.8, 4) is 0 Å². The molecule has 3 nitrogen and oxygen atoms in total. The molecule has 1 N–H and O–H groups in total. The molecule has 2 unspecified atom stereocenters. The molecule has 0 saturated carbocycles. The standard InChI is InChI=1S/C15H27NO2S/c1-3-6-15(14(17)18)7-9-16(10-8-15)13-5-4-11-19-12(13)2/h12-13H,3-11H2,1-2H3,(H,17,18). The van der Waals surface area contributed by atoms with Gasteiger partial charge in [-0.15, -0.1) is 0 Å². The minimum absolute atomic E-state index is 0.434. The van der Waals surface area contributed by atoms with E-state index in [0.29, 0.717) is 11.3 Å². The van der Waals surface area contributed by atoms with Crippen LogP contribution in [0.1, 0.15) is 52.4 Å². The predicted octanol–water partition coefficient (Wildman–Crippen LogP) is 3.24. The zero-order valence-electron chi connectivity index (χ0n) is 12.2. The van der Waals surface area contributed by atoms with E-state index in [1.165, 1.54) is 18.6 Å². The van der Waals surface area contributed by atoms with E-state index in [0.717, 1.165) is 38.8 Å². The van der Waals surface area contributed by atoms with Gasteiger partial charge in [0.1, 0.15) is 0 Å². The van der Waals surface area contributed by atoms with Crippen LogP contribution in [0.3, 0.4) is 0 Å². The van der Waals surface area contributed by atoms with Crippen molar-refractivity contribution < 1.29 is 9.90 Å². The molecule has 2 aliphatic rings. The van der Waals surface area contributed by atoms with Gasteiger partial charge in [-0.05, 0) is 50.9 Å². The van der Waals surface area contributed by atoms with Crippen molar-refractivity contribution in [2.24, 2.45) is 5.41 Å². The van der Waals surface area contributed by atoms with E-state index in [2.05, 4.69) is 30.5 Å². The highest BCUT2D eigenvalue weighted by molar-refractivity contribution is 7.99. The summed E-state index contributed by atoms with van der Waals surface area (Å²) in [6.45, 7) is 6.38. The quantitative estimate of drug-likeness (QED) is 0.861. The minimum Gasteiger partial charge on any atom is -0.481 e. The number of carbonyl (C=O) groups is 1. The fraction of sp³-hybridized carbons (Fsp3) is 0.933. The van der Waals surface area contributed by atoms with Crippen LogP contribution in [-0.2, 0) is 4.79 Å². The molecule has 2 heterocycles. The molecule has 0 aromatic rings. The zero-order valence-corrected chi connectivity index (χ0v) is 13.0. The molecule has 0 spiro atoms. The van der Waals surface area contributed by atoms with Crippen molar-refractivity contribution in [1.29, 1.82) is 0 Å². The van der Waals surface area contributed by atoms with Crippen LogP contribution in [0.5, 0.6) is 0 Å². The fourth-order valence-corrected chi connectivity index (χ4v) is 4.96. The molecule has 0 aromatic carbocycles. The third kappa shape index (κ3) is 3.27. The number of hydrogen-bond donors (Lipinski definition) is 1. The number of rotatable bonds is 4. The first-order valence-electron chi connectivity index (χ1n) is 7.68. The SMILES string of the molecule is CCCC1(C(=O)O)CCN(C2CCCSC2C)CC1. The Balaban J connectivity index is 1.95. The Morgan fingerprint density at radius 2 is 2.11 bits per heavy atom. The molecule has 2 aliphatic heterocycles. The van der Waals surface area contributed by atoms with E-state index in [4.69, 9.17) is 0 Å². The normalized spacial score (nSPS) is 32.1. The molecule has 19 heavy (non-hydrogen) atoms. The largest absolute Gasteiger partial charge is 0.481 e. The van der Waals surface area contributed by atoms with Crippen LogP contribution >= 0.6 is 11.8 Å². The second kappa shape index (κ2) is 6.49. The van der Waals surface area contributed by atoms with Gasteiger partial charge >= 0.3 is 5.97 Å². The number of thioether (sulfide) groups is 1. The van der Waals surface area contributed by atoms with Gasteiger partial charge in [0.05, 0.1) is 5.41 Å². The summed E-state index contributed by atoms with van der Waals surface area (Å²) >= 11 is 2.08. The summed E-state index contributed by atoms with van der Waals surface area (Å²) in [5, 5.41) is 10.3. The van der Waals surface area contributed by atoms with Gasteiger partial charge in [-0.2, -0.15) is 11.8 Å². The van der Waals surface area contributed by atoms with Crippen LogP contribution in [0, 0.1) is 5.41 Å². The minimum atomic E-state index is -0.569. The van der Waals surface area contributed by atoms with Crippen molar-refractivity contribution in [2.75, 3.05) is 18.8 Å². The van der Waals surface area contributed by atoms with Gasteiger partial charge in [-0.1, -0.05) is 20.3 Å². The summed E-state index contributed by atoms with van der Waals surface area (Å²) < 4.78 is 0. The number of carboxylic acid groups (broad SMARTS) is 1. The summed E-state index contributed by atoms with van der Waals surface area (Å²) in [5.41, 5.74) is -0.434. The van der Waals surface area contributed by atoms with Gasteiger partial charge in [-0.3, -0.25) is 9.69 Å². The second-order valence-corrected chi connectivity index (χ2v) is 7.64. The average molecular weight is 285 g/mol. The fourth-order valence-electron chi connectivity index (χ4n) is 3.72. The predicted molar refractivity (Wildman–Crippen MR) is 80.7 cm³/mol. The van der Waals surface area contributed by atoms with Crippen LogP contribution in [-0.4, -0.2) is 46.1 Å². The van der Waals surface area contributed by atoms with Crippen molar-refractivity contribution in [3.63, 3.8) is 0 Å². The number of likely N-dealkylation sites (tertiary alicyclic amines) is 1. The summed E-state index contributed by atoms with van der Waals surface area (Å²) in [4.78, 5) is 14.2. The molecule has 2 saturated heterocycles. The average Bonchev–Trinajstić information content (AvgIpc) is 2.40. The Labute approximate surface area is 121 Å². The monoisotopic (exact) mass is 285 g/mol. The first kappa shape index (κ1) is 15.2. The summed E-state index contributed by atoms with van der Waals surface area (Å²) in [7, 11) is 0. The molecule has 0 radical (unpaired) electrons. The lowest BCUT2D eigenvalue weighted by atomic mass is 9.74. The maximum Gasteiger partial charge on any atom is 0.309 e. The molecule has 0 aromatic heterocycles. The molecule has 0 aliphatic carbocycles. The maximum absolute atomic E-state index is 11.6. The molecule has 0 bridgehead atoms. The van der Waals surface area contributed by atoms with Gasteiger partial charge in [0.25, 0.3) is 0 Å². The van der Waals surface area contributed by atoms with E-state index in [9.17, 15) is 9.90 Å². The third-order valence-electron chi connectivity index (χ3n) is 4.97. The van der Waals surface area contributed by atoms with Gasteiger partial charge in [-0.25, -0.2) is 0 Å². The van der Waals surface area contributed by atoms with E-state index in [-0.39, 0.29) is 0 Å². The molecule has 2 atom stereocenters. The first-order chi connectivity index (χ1) is 9.09. The highest BCUT2D eigenvalue weighted by atomic mass is 32.2. The van der Waals surface area contributed by atoms with Gasteiger partial charge < -0.3 is 5.11 Å². The topological polar surface area (TPSA) is 40.5 Å². The number of nitrogens with zero attached hydrogens (tertiary/aromatic N) is 1. The molecule has 2 rings (SSSR count). The van der Waals surface area contributed by atoms with E-state index < -0.39 is 11.4 Å². The summed E-state index contributed by atoms with van der Waals surface area (Å²) in [6.07, 6.45) is 6.10. The van der Waals surface area contributed by atoms with Gasteiger partial charge in [0, 0.05) is 11.3 Å². The number of piperidine rings is 1. The lowest BCUT2D eigenvalue weighted by Crippen LogP contribution is -2.51. The van der Waals surface area contributed by atoms with Crippen molar-refractivity contribution >= 4 is 17.7 Å². The molecule has 110 valence electrons. The second-order valence-electron chi connectivity index (χ2n) is 6.16. The van der Waals surface area contributed by atoms with Crippen molar-refractivity contribution in [2.45, 2.75) is 63.7 Å². The number of aliphatic carboxylic acids is 1. The van der Waals surface area contributed by atoms with Crippen LogP contribution in [0.4, 0.5) is 0 Å². The molecule has 4 heteroatoms. The number of carboxylic acids is 1. The Bertz CT molecular complexity index is 313. The molecule has 0 amide bonds. The highest BCUT2D eigenvalue weighted by Crippen LogP contribution is 2.39. The van der Waals surface area contributed by atoms with Crippen LogP contribution in [0.25, 0.3) is 0 Å². The van der Waals surface area contributed by atoms with Gasteiger partial charge in [0.15, 0.2) is 0 Å². The Hall–Kier alpha value is -0.220. The van der Waals surface area contributed by atoms with Crippen LogP contribution in [0.2, 0.25) is 0 Å². The lowest BCUT2D eigenvalue weighted by molar-refractivity contribution is -0.153. The van der Waals surface area contributed by atoms with Crippen molar-refractivity contribution in [1.82, 2.24) is 4.90 Å². The smallest absolute Gasteiger partial charge is 0.309 e. The van der Waals surface area contributed by atoms with Crippen LogP contribution in [0.15, 0.2) is 0 Å². The lowest BCUT2D eigenvalue weighted by Gasteiger charge is -2.45. The Morgan fingerprint density at radius 3 is 2.63 bits per heavy atom. The Kier molecular flexibility index (Phi) is 5.18. The maximum atomic E-state index is 11.6. The Morgan fingerprint density at radius 1 is 1.42 bits per heavy atom. The summed E-state index contributed by atoms with van der Waals surface area (Å²) in [5.74, 6) is 0.723. The summed E-state index contributed by atoms with van der Waals surface area (Å²) in [6, 6.07) is 0.673. The zero-order chi connectivity index (χ0) is 13.9. The third-order valence-corrected chi connectivity index (χ3v) is 6.34. The number of hydrogen-bond acceptors (Lipinski definition) is 3. The molecular formula is C15H27NO2S. The van der Waals surface area contributed by atoms with Crippen LogP contribution < -0.4 is 0 Å². The molecular weight excluding hydrogens is 258 g/mol.